The molecule has 0 fully saturated rings. The predicted octanol–water partition coefficient (Wildman–Crippen LogP) is 2.57. The van der Waals surface area contributed by atoms with E-state index in [-0.39, 0.29) is 5.91 Å². The van der Waals surface area contributed by atoms with Gasteiger partial charge in [-0.2, -0.15) is 9.61 Å². The van der Waals surface area contributed by atoms with Gasteiger partial charge in [0.1, 0.15) is 5.82 Å². The lowest BCUT2D eigenvalue weighted by atomic mass is 10.2. The number of hydrogen-bond acceptors (Lipinski definition) is 4. The molecule has 0 aliphatic carbocycles. The predicted molar refractivity (Wildman–Crippen MR) is 94.2 cm³/mol. The molecule has 0 bridgehead atoms. The molecule has 3 aromatic heterocycles. The van der Waals surface area contributed by atoms with Crippen LogP contribution in [0.1, 0.15) is 5.56 Å². The van der Waals surface area contributed by atoms with Gasteiger partial charge in [0.15, 0.2) is 5.65 Å². The molecule has 3 heterocycles. The van der Waals surface area contributed by atoms with E-state index in [9.17, 15) is 4.79 Å². The van der Waals surface area contributed by atoms with Gasteiger partial charge in [-0.25, -0.2) is 9.97 Å². The fourth-order valence-electron chi connectivity index (χ4n) is 2.44. The summed E-state index contributed by atoms with van der Waals surface area (Å²) in [5.41, 5.74) is 2.62. The minimum atomic E-state index is -0.235. The van der Waals surface area contributed by atoms with E-state index in [4.69, 9.17) is 0 Å². The van der Waals surface area contributed by atoms with Crippen molar-refractivity contribution in [1.29, 1.82) is 0 Å². The van der Waals surface area contributed by atoms with Gasteiger partial charge >= 0.3 is 0 Å². The van der Waals surface area contributed by atoms with Gasteiger partial charge in [0, 0.05) is 36.4 Å². The Kier molecular flexibility index (Phi) is 3.80. The number of nitrogens with zero attached hydrogens (tertiary/aromatic N) is 5. The average molecular weight is 330 g/mol. The van der Waals surface area contributed by atoms with Crippen LogP contribution < -0.4 is 5.32 Å². The van der Waals surface area contributed by atoms with E-state index in [1.165, 1.54) is 6.08 Å². The van der Waals surface area contributed by atoms with Crippen molar-refractivity contribution in [3.8, 4) is 5.69 Å². The Morgan fingerprint density at radius 2 is 1.92 bits per heavy atom. The fourth-order valence-corrected chi connectivity index (χ4v) is 2.44. The highest BCUT2D eigenvalue weighted by atomic mass is 16.1. The molecule has 1 N–H and O–H groups in total. The van der Waals surface area contributed by atoms with E-state index in [2.05, 4.69) is 20.4 Å². The van der Waals surface area contributed by atoms with Crippen LogP contribution in [-0.4, -0.2) is 30.1 Å². The summed E-state index contributed by atoms with van der Waals surface area (Å²) in [4.78, 5) is 20.3. The van der Waals surface area contributed by atoms with Crippen molar-refractivity contribution >= 4 is 23.4 Å². The second kappa shape index (κ2) is 6.40. The van der Waals surface area contributed by atoms with Gasteiger partial charge < -0.3 is 9.88 Å². The van der Waals surface area contributed by atoms with Gasteiger partial charge in [-0.3, -0.25) is 4.79 Å². The highest BCUT2D eigenvalue weighted by Gasteiger charge is 2.04. The molecule has 0 spiro atoms. The maximum Gasteiger partial charge on any atom is 0.249 e. The van der Waals surface area contributed by atoms with E-state index < -0.39 is 0 Å². The van der Waals surface area contributed by atoms with Crippen molar-refractivity contribution < 1.29 is 4.79 Å². The largest absolute Gasteiger partial charge is 0.307 e. The molecule has 0 aliphatic heterocycles. The lowest BCUT2D eigenvalue weighted by Crippen LogP contribution is -2.11. The summed E-state index contributed by atoms with van der Waals surface area (Å²) >= 11 is 0. The first-order valence-corrected chi connectivity index (χ1v) is 7.66. The first kappa shape index (κ1) is 14.8. The quantitative estimate of drug-likeness (QED) is 0.583. The fraction of sp³-hybridized carbons (Fsp3) is 0. The van der Waals surface area contributed by atoms with Crippen LogP contribution in [-0.2, 0) is 4.79 Å². The van der Waals surface area contributed by atoms with Crippen molar-refractivity contribution in [3.05, 3.63) is 79.2 Å². The van der Waals surface area contributed by atoms with Crippen molar-refractivity contribution in [2.24, 2.45) is 0 Å². The van der Waals surface area contributed by atoms with E-state index in [0.717, 1.165) is 11.3 Å². The second-order valence-corrected chi connectivity index (χ2v) is 5.32. The molecule has 4 aromatic rings. The Hall–Kier alpha value is -3.74. The minimum Gasteiger partial charge on any atom is -0.307 e. The van der Waals surface area contributed by atoms with E-state index >= 15 is 0 Å². The van der Waals surface area contributed by atoms with Crippen LogP contribution in [0.25, 0.3) is 17.4 Å². The molecule has 7 heteroatoms. The number of carbonyl (C=O) groups is 1. The highest BCUT2D eigenvalue weighted by molar-refractivity contribution is 6.01. The molecule has 0 unspecified atom stereocenters. The molecule has 0 radical (unpaired) electrons. The van der Waals surface area contributed by atoms with E-state index in [1.807, 2.05) is 35.0 Å². The maximum absolute atomic E-state index is 12.1. The third-order valence-corrected chi connectivity index (χ3v) is 3.66. The number of imidazole rings is 1. The summed E-state index contributed by atoms with van der Waals surface area (Å²) in [6.07, 6.45) is 11.9. The van der Waals surface area contributed by atoms with Crippen LogP contribution in [0.3, 0.4) is 0 Å². The van der Waals surface area contributed by atoms with Crippen LogP contribution in [0, 0.1) is 0 Å². The molecule has 122 valence electrons. The lowest BCUT2D eigenvalue weighted by molar-refractivity contribution is -0.111. The standard InChI is InChI=1S/C18H14N6O/c25-18(22-17-7-9-20-16-8-10-21-24(16)17)6-3-14-1-4-15(5-2-14)23-12-11-19-13-23/h1-13H,(H,22,25)/b6-3-. The number of benzene rings is 1. The molecule has 0 aliphatic rings. The van der Waals surface area contributed by atoms with Crippen LogP contribution in [0.4, 0.5) is 5.82 Å². The number of fused-ring (bicyclic) bond motifs is 1. The summed E-state index contributed by atoms with van der Waals surface area (Å²) in [5, 5.41) is 6.93. The zero-order valence-corrected chi connectivity index (χ0v) is 13.1. The average Bonchev–Trinajstić information content (AvgIpc) is 3.32. The maximum atomic E-state index is 12.1. The summed E-state index contributed by atoms with van der Waals surface area (Å²) in [7, 11) is 0. The van der Waals surface area contributed by atoms with Gasteiger partial charge in [-0.1, -0.05) is 12.1 Å². The SMILES string of the molecule is O=C(/C=C\c1ccc(-n2ccnc2)cc1)Nc1ccnc2ccnn12. The lowest BCUT2D eigenvalue weighted by Gasteiger charge is -2.04. The number of nitrogens with one attached hydrogen (secondary N) is 1. The smallest absolute Gasteiger partial charge is 0.249 e. The first-order chi connectivity index (χ1) is 12.3. The Bertz CT molecular complexity index is 1030. The third-order valence-electron chi connectivity index (χ3n) is 3.66. The third kappa shape index (κ3) is 3.16. The number of rotatable bonds is 4. The zero-order valence-electron chi connectivity index (χ0n) is 13.1. The van der Waals surface area contributed by atoms with Gasteiger partial charge in [0.2, 0.25) is 5.91 Å². The van der Waals surface area contributed by atoms with E-state index in [0.29, 0.717) is 11.5 Å². The zero-order chi connectivity index (χ0) is 17.1. The number of amides is 1. The summed E-state index contributed by atoms with van der Waals surface area (Å²) in [5.74, 6) is 0.335. The molecule has 7 nitrogen and oxygen atoms in total. The minimum absolute atomic E-state index is 0.235. The summed E-state index contributed by atoms with van der Waals surface area (Å²) in [6, 6.07) is 11.3. The van der Waals surface area contributed by atoms with Crippen molar-refractivity contribution in [2.45, 2.75) is 0 Å². The van der Waals surface area contributed by atoms with Gasteiger partial charge in [0.05, 0.1) is 12.5 Å². The number of anilines is 1. The molecule has 0 saturated carbocycles. The summed E-state index contributed by atoms with van der Waals surface area (Å²) < 4.78 is 3.49. The topological polar surface area (TPSA) is 77.1 Å². The second-order valence-electron chi connectivity index (χ2n) is 5.32. The molecule has 1 amide bonds. The number of aromatic nitrogens is 5. The molecule has 0 atom stereocenters. The van der Waals surface area contributed by atoms with Crippen LogP contribution in [0.15, 0.2) is 73.6 Å². The van der Waals surface area contributed by atoms with Crippen molar-refractivity contribution in [2.75, 3.05) is 5.32 Å². The first-order valence-electron chi connectivity index (χ1n) is 7.66. The van der Waals surface area contributed by atoms with Gasteiger partial charge in [0.25, 0.3) is 0 Å². The van der Waals surface area contributed by atoms with Crippen LogP contribution in [0.2, 0.25) is 0 Å². The Morgan fingerprint density at radius 1 is 1.04 bits per heavy atom. The van der Waals surface area contributed by atoms with Crippen molar-refractivity contribution in [1.82, 2.24) is 24.1 Å². The Labute approximate surface area is 143 Å². The molecule has 1 aromatic carbocycles. The Morgan fingerprint density at radius 3 is 2.72 bits per heavy atom. The van der Waals surface area contributed by atoms with Gasteiger partial charge in [-0.05, 0) is 29.8 Å². The van der Waals surface area contributed by atoms with Gasteiger partial charge in [-0.15, -0.1) is 0 Å². The van der Waals surface area contributed by atoms with E-state index in [1.54, 1.807) is 47.6 Å². The molecular formula is C18H14N6O. The molecule has 0 saturated heterocycles. The van der Waals surface area contributed by atoms with Crippen molar-refractivity contribution in [3.63, 3.8) is 0 Å². The molecule has 25 heavy (non-hydrogen) atoms. The Balaban J connectivity index is 1.46. The number of hydrogen-bond donors (Lipinski definition) is 1. The number of carbonyl (C=O) groups excluding carboxylic acids is 1. The van der Waals surface area contributed by atoms with Crippen LogP contribution >= 0.6 is 0 Å². The molecular weight excluding hydrogens is 316 g/mol. The monoisotopic (exact) mass is 330 g/mol. The molecule has 4 rings (SSSR count). The van der Waals surface area contributed by atoms with Crippen LogP contribution in [0.5, 0.6) is 0 Å². The summed E-state index contributed by atoms with van der Waals surface area (Å²) in [6.45, 7) is 0. The highest BCUT2D eigenvalue weighted by Crippen LogP contribution is 2.11. The normalized spacial score (nSPS) is 11.2.